The molecule has 0 bridgehead atoms. The topological polar surface area (TPSA) is 84.9 Å². The second-order valence-corrected chi connectivity index (χ2v) is 13.3. The number of ether oxygens (including phenoxy) is 5. The monoisotopic (exact) mass is 666 g/mol. The summed E-state index contributed by atoms with van der Waals surface area (Å²) in [5.41, 5.74) is 1.84. The zero-order valence-electron chi connectivity index (χ0n) is 28.8. The number of methoxy groups -OCH3 is 2. The van der Waals surface area contributed by atoms with Gasteiger partial charge in [-0.2, -0.15) is 0 Å². The Morgan fingerprint density at radius 1 is 0.830 bits per heavy atom. The van der Waals surface area contributed by atoms with Crippen LogP contribution < -0.4 is 9.47 Å². The molecule has 0 amide bonds. The highest BCUT2D eigenvalue weighted by Crippen LogP contribution is 2.49. The van der Waals surface area contributed by atoms with Crippen LogP contribution in [0.25, 0.3) is 0 Å². The predicted molar refractivity (Wildman–Crippen MR) is 183 cm³/mol. The van der Waals surface area contributed by atoms with Crippen molar-refractivity contribution in [3.63, 3.8) is 0 Å². The SMILES string of the molecule is COc1ccc(C(OCC2OC(C)[CH]C2OP(OCCOC(C)=O)N(C(C)C)C(C)C)(c2ccccc2)c2ccc(OC)cc2)cc1. The van der Waals surface area contributed by atoms with Crippen LogP contribution >= 0.6 is 8.53 Å². The molecule has 4 rings (SSSR count). The lowest BCUT2D eigenvalue weighted by molar-refractivity contribution is -0.141. The Labute approximate surface area is 281 Å². The third-order valence-corrected chi connectivity index (χ3v) is 10.0. The molecular formula is C37H49NO8P. The number of carbonyl (C=O) groups excluding carboxylic acids is 1. The third kappa shape index (κ3) is 9.32. The van der Waals surface area contributed by atoms with Gasteiger partial charge in [-0.1, -0.05) is 54.6 Å². The molecular weight excluding hydrogens is 617 g/mol. The second-order valence-electron chi connectivity index (χ2n) is 11.9. The third-order valence-electron chi connectivity index (χ3n) is 7.90. The number of hydrogen-bond acceptors (Lipinski definition) is 9. The summed E-state index contributed by atoms with van der Waals surface area (Å²) in [6, 6.07) is 26.4. The lowest BCUT2D eigenvalue weighted by atomic mass is 9.80. The van der Waals surface area contributed by atoms with Gasteiger partial charge in [-0.3, -0.25) is 4.79 Å². The summed E-state index contributed by atoms with van der Waals surface area (Å²) in [6.07, 6.45) is 1.06. The van der Waals surface area contributed by atoms with Gasteiger partial charge in [-0.15, -0.1) is 0 Å². The van der Waals surface area contributed by atoms with Crippen molar-refractivity contribution in [2.45, 2.75) is 77.5 Å². The highest BCUT2D eigenvalue weighted by Gasteiger charge is 2.43. The van der Waals surface area contributed by atoms with Crippen molar-refractivity contribution >= 4 is 14.5 Å². The van der Waals surface area contributed by atoms with Crippen LogP contribution in [0.4, 0.5) is 0 Å². The van der Waals surface area contributed by atoms with Gasteiger partial charge in [-0.25, -0.2) is 4.67 Å². The molecule has 0 N–H and O–H groups in total. The highest BCUT2D eigenvalue weighted by molar-refractivity contribution is 7.44. The Morgan fingerprint density at radius 2 is 1.36 bits per heavy atom. The Hall–Kier alpha value is -3.04. The van der Waals surface area contributed by atoms with Gasteiger partial charge in [-0.05, 0) is 75.6 Å². The number of nitrogens with zero attached hydrogens (tertiary/aromatic N) is 1. The van der Waals surface area contributed by atoms with E-state index in [-0.39, 0.29) is 44.0 Å². The largest absolute Gasteiger partial charge is 0.497 e. The summed E-state index contributed by atoms with van der Waals surface area (Å²) >= 11 is 0. The number of hydrogen-bond donors (Lipinski definition) is 0. The Kier molecular flexibility index (Phi) is 13.6. The number of benzene rings is 3. The van der Waals surface area contributed by atoms with Crippen LogP contribution in [0.2, 0.25) is 0 Å². The summed E-state index contributed by atoms with van der Waals surface area (Å²) in [5.74, 6) is 1.16. The van der Waals surface area contributed by atoms with Crippen LogP contribution in [0.5, 0.6) is 11.5 Å². The van der Waals surface area contributed by atoms with Gasteiger partial charge >= 0.3 is 5.97 Å². The normalized spacial score (nSPS) is 18.9. The molecule has 9 nitrogen and oxygen atoms in total. The van der Waals surface area contributed by atoms with E-state index in [4.69, 9.17) is 32.7 Å². The Morgan fingerprint density at radius 3 is 1.85 bits per heavy atom. The molecule has 1 aliphatic rings. The predicted octanol–water partition coefficient (Wildman–Crippen LogP) is 7.31. The molecule has 0 aromatic heterocycles. The molecule has 0 aliphatic carbocycles. The Balaban J connectivity index is 1.69. The maximum absolute atomic E-state index is 11.4. The van der Waals surface area contributed by atoms with E-state index < -0.39 is 26.3 Å². The van der Waals surface area contributed by atoms with Gasteiger partial charge in [0.05, 0.1) is 39.6 Å². The van der Waals surface area contributed by atoms with Crippen molar-refractivity contribution in [2.24, 2.45) is 0 Å². The molecule has 255 valence electrons. The maximum atomic E-state index is 11.4. The molecule has 1 fully saturated rings. The average Bonchev–Trinajstić information content (AvgIpc) is 3.42. The van der Waals surface area contributed by atoms with Crippen LogP contribution in [0.15, 0.2) is 78.9 Å². The molecule has 3 aromatic carbocycles. The molecule has 47 heavy (non-hydrogen) atoms. The van der Waals surface area contributed by atoms with Gasteiger partial charge in [0.15, 0.2) is 0 Å². The maximum Gasteiger partial charge on any atom is 0.302 e. The fourth-order valence-electron chi connectivity index (χ4n) is 5.84. The molecule has 3 aromatic rings. The van der Waals surface area contributed by atoms with E-state index in [1.807, 2.05) is 73.7 Å². The van der Waals surface area contributed by atoms with Crippen LogP contribution in [-0.2, 0) is 33.7 Å². The average molecular weight is 667 g/mol. The first-order valence-electron chi connectivity index (χ1n) is 16.1. The van der Waals surface area contributed by atoms with E-state index >= 15 is 0 Å². The number of esters is 1. The summed E-state index contributed by atoms with van der Waals surface area (Å²) in [6.45, 7) is 12.4. The summed E-state index contributed by atoms with van der Waals surface area (Å²) in [5, 5.41) is 0. The lowest BCUT2D eigenvalue weighted by Crippen LogP contribution is -2.40. The van der Waals surface area contributed by atoms with Crippen molar-refractivity contribution in [3.8, 4) is 11.5 Å². The molecule has 1 radical (unpaired) electrons. The Bertz CT molecular complexity index is 1310. The first-order chi connectivity index (χ1) is 22.6. The van der Waals surface area contributed by atoms with Gasteiger partial charge in [0.25, 0.3) is 8.53 Å². The summed E-state index contributed by atoms with van der Waals surface area (Å²) in [4.78, 5) is 11.4. The van der Waals surface area contributed by atoms with Gasteiger partial charge in [0.2, 0.25) is 0 Å². The van der Waals surface area contributed by atoms with Gasteiger partial charge in [0.1, 0.15) is 29.8 Å². The minimum Gasteiger partial charge on any atom is -0.497 e. The lowest BCUT2D eigenvalue weighted by Gasteiger charge is -2.39. The van der Waals surface area contributed by atoms with Crippen molar-refractivity contribution in [2.75, 3.05) is 34.0 Å². The smallest absolute Gasteiger partial charge is 0.302 e. The molecule has 1 heterocycles. The van der Waals surface area contributed by atoms with E-state index in [9.17, 15) is 4.79 Å². The molecule has 0 saturated carbocycles. The van der Waals surface area contributed by atoms with Crippen molar-refractivity contribution in [3.05, 3.63) is 102 Å². The highest BCUT2D eigenvalue weighted by atomic mass is 31.2. The number of rotatable bonds is 17. The summed E-state index contributed by atoms with van der Waals surface area (Å²) < 4.78 is 44.9. The van der Waals surface area contributed by atoms with E-state index in [0.717, 1.165) is 28.2 Å². The second kappa shape index (κ2) is 17.4. The number of carbonyl (C=O) groups is 1. The molecule has 1 saturated heterocycles. The molecule has 4 unspecified atom stereocenters. The van der Waals surface area contributed by atoms with Crippen LogP contribution in [0.1, 0.15) is 58.2 Å². The standard InChI is InChI=1S/C37H49NO8P/c1-26(2)38(27(3)4)47(44-23-22-42-29(6)39)46-35-24-28(5)45-36(35)25-43-37(30-12-10-9-11-13-30,31-14-18-33(40-7)19-15-31)32-16-20-34(41-8)21-17-32/h9-21,24,26-28,35-36H,22-23,25H2,1-8H3. The van der Waals surface area contributed by atoms with E-state index in [0.29, 0.717) is 0 Å². The first-order valence-corrected chi connectivity index (χ1v) is 17.2. The fourth-order valence-corrected chi connectivity index (χ4v) is 7.54. The molecule has 10 heteroatoms. The van der Waals surface area contributed by atoms with Crippen molar-refractivity contribution < 1.29 is 37.5 Å². The van der Waals surface area contributed by atoms with Gasteiger partial charge in [0, 0.05) is 25.4 Å². The minimum atomic E-state index is -1.52. The van der Waals surface area contributed by atoms with Crippen LogP contribution in [-0.4, -0.2) is 75.1 Å². The summed E-state index contributed by atoms with van der Waals surface area (Å²) in [7, 11) is 1.79. The van der Waals surface area contributed by atoms with Crippen molar-refractivity contribution in [1.82, 2.24) is 4.67 Å². The van der Waals surface area contributed by atoms with E-state index in [1.165, 1.54) is 6.92 Å². The van der Waals surface area contributed by atoms with Gasteiger partial charge < -0.3 is 32.7 Å². The van der Waals surface area contributed by atoms with Crippen molar-refractivity contribution in [1.29, 1.82) is 0 Å². The van der Waals surface area contributed by atoms with Crippen LogP contribution in [0.3, 0.4) is 0 Å². The fraction of sp³-hybridized carbons (Fsp3) is 0.459. The molecule has 4 atom stereocenters. The van der Waals surface area contributed by atoms with Crippen LogP contribution in [0, 0.1) is 6.42 Å². The van der Waals surface area contributed by atoms with E-state index in [1.54, 1.807) is 14.2 Å². The molecule has 1 aliphatic heterocycles. The first kappa shape index (κ1) is 36.8. The zero-order valence-corrected chi connectivity index (χ0v) is 29.6. The van der Waals surface area contributed by atoms with E-state index in [2.05, 4.69) is 50.9 Å². The molecule has 0 spiro atoms. The minimum absolute atomic E-state index is 0.151. The quantitative estimate of drug-likeness (QED) is 0.0637. The zero-order chi connectivity index (χ0) is 34.0.